The van der Waals surface area contributed by atoms with Gasteiger partial charge < -0.3 is 5.11 Å². The molecule has 2 aromatic rings. The maximum Gasteiger partial charge on any atom is 0.339 e. The first kappa shape index (κ1) is 9.39. The second-order valence-corrected chi connectivity index (χ2v) is 3.07. The summed E-state index contributed by atoms with van der Waals surface area (Å²) in [6, 6.07) is 5.51. The number of hydrogen-bond acceptors (Lipinski definition) is 3. The molecule has 2 heterocycles. The molecule has 0 unspecified atom stereocenters. The standard InChI is InChI=1S/C10H9N3O2/c14-10(15)8-6-12-13-9(8)5-7-3-1-2-4-11-7/h1-4,6H,5H2,(H,12,13)(H,14,15). The highest BCUT2D eigenvalue weighted by Crippen LogP contribution is 2.09. The molecule has 0 aliphatic heterocycles. The van der Waals surface area contributed by atoms with Crippen LogP contribution in [-0.2, 0) is 6.42 Å². The topological polar surface area (TPSA) is 78.9 Å². The van der Waals surface area contributed by atoms with E-state index >= 15 is 0 Å². The Bertz CT molecular complexity index is 465. The van der Waals surface area contributed by atoms with Crippen molar-refractivity contribution < 1.29 is 9.90 Å². The summed E-state index contributed by atoms with van der Waals surface area (Å²) in [5.41, 5.74) is 1.58. The normalized spacial score (nSPS) is 10.1. The molecule has 0 saturated heterocycles. The van der Waals surface area contributed by atoms with Gasteiger partial charge in [-0.15, -0.1) is 0 Å². The zero-order valence-corrected chi connectivity index (χ0v) is 7.84. The van der Waals surface area contributed by atoms with Crippen molar-refractivity contribution in [2.24, 2.45) is 0 Å². The summed E-state index contributed by atoms with van der Waals surface area (Å²) in [6.07, 6.45) is 3.43. The van der Waals surface area contributed by atoms with Crippen molar-refractivity contribution in [2.75, 3.05) is 0 Å². The molecule has 0 aromatic carbocycles. The van der Waals surface area contributed by atoms with Crippen LogP contribution >= 0.6 is 0 Å². The summed E-state index contributed by atoms with van der Waals surface area (Å²) in [5.74, 6) is -0.977. The minimum absolute atomic E-state index is 0.195. The van der Waals surface area contributed by atoms with Crippen LogP contribution in [-0.4, -0.2) is 26.3 Å². The van der Waals surface area contributed by atoms with E-state index in [1.807, 2.05) is 18.2 Å². The molecule has 2 rings (SSSR count). The number of aromatic nitrogens is 3. The Kier molecular flexibility index (Phi) is 2.45. The van der Waals surface area contributed by atoms with Crippen molar-refractivity contribution in [1.29, 1.82) is 0 Å². The molecule has 0 fully saturated rings. The molecule has 0 bridgehead atoms. The van der Waals surface area contributed by atoms with E-state index in [4.69, 9.17) is 5.11 Å². The number of H-pyrrole nitrogens is 1. The van der Waals surface area contributed by atoms with Crippen molar-refractivity contribution in [2.45, 2.75) is 6.42 Å². The zero-order valence-electron chi connectivity index (χ0n) is 7.84. The predicted molar refractivity (Wildman–Crippen MR) is 52.6 cm³/mol. The average Bonchev–Trinajstić information content (AvgIpc) is 2.67. The molecule has 76 valence electrons. The van der Waals surface area contributed by atoms with Gasteiger partial charge in [0.25, 0.3) is 0 Å². The van der Waals surface area contributed by atoms with Crippen molar-refractivity contribution in [1.82, 2.24) is 15.2 Å². The SMILES string of the molecule is O=C(O)c1cn[nH]c1Cc1ccccn1. The largest absolute Gasteiger partial charge is 0.478 e. The van der Waals surface area contributed by atoms with E-state index in [2.05, 4.69) is 15.2 Å². The number of carbonyl (C=O) groups is 1. The third kappa shape index (κ3) is 2.01. The van der Waals surface area contributed by atoms with Crippen LogP contribution in [0.25, 0.3) is 0 Å². The summed E-state index contributed by atoms with van der Waals surface area (Å²) in [7, 11) is 0. The Balaban J connectivity index is 2.25. The molecule has 2 N–H and O–H groups in total. The van der Waals surface area contributed by atoms with E-state index in [0.29, 0.717) is 12.1 Å². The number of aromatic carboxylic acids is 1. The molecular weight excluding hydrogens is 194 g/mol. The summed E-state index contributed by atoms with van der Waals surface area (Å²) in [4.78, 5) is 14.9. The number of carboxylic acid groups (broad SMARTS) is 1. The van der Waals surface area contributed by atoms with Crippen molar-refractivity contribution in [3.8, 4) is 0 Å². The van der Waals surface area contributed by atoms with Crippen LogP contribution in [0.15, 0.2) is 30.6 Å². The Hall–Kier alpha value is -2.17. The highest BCUT2D eigenvalue weighted by molar-refractivity contribution is 5.88. The zero-order chi connectivity index (χ0) is 10.7. The Morgan fingerprint density at radius 1 is 1.47 bits per heavy atom. The number of rotatable bonds is 3. The first-order valence-electron chi connectivity index (χ1n) is 4.43. The van der Waals surface area contributed by atoms with E-state index in [1.54, 1.807) is 6.20 Å². The van der Waals surface area contributed by atoms with E-state index in [0.717, 1.165) is 5.69 Å². The molecule has 5 heteroatoms. The van der Waals surface area contributed by atoms with Crippen molar-refractivity contribution >= 4 is 5.97 Å². The second kappa shape index (κ2) is 3.91. The lowest BCUT2D eigenvalue weighted by Crippen LogP contribution is -2.01. The lowest BCUT2D eigenvalue weighted by atomic mass is 10.1. The number of aromatic amines is 1. The molecule has 0 atom stereocenters. The maximum absolute atomic E-state index is 10.8. The average molecular weight is 203 g/mol. The molecular formula is C10H9N3O2. The number of nitrogens with zero attached hydrogens (tertiary/aromatic N) is 2. The highest BCUT2D eigenvalue weighted by Gasteiger charge is 2.12. The van der Waals surface area contributed by atoms with Crippen LogP contribution in [0.3, 0.4) is 0 Å². The van der Waals surface area contributed by atoms with Gasteiger partial charge in [-0.2, -0.15) is 5.10 Å². The van der Waals surface area contributed by atoms with Gasteiger partial charge in [0.1, 0.15) is 5.56 Å². The highest BCUT2D eigenvalue weighted by atomic mass is 16.4. The van der Waals surface area contributed by atoms with Crippen LogP contribution in [0.4, 0.5) is 0 Å². The van der Waals surface area contributed by atoms with Crippen molar-refractivity contribution in [3.63, 3.8) is 0 Å². The molecule has 5 nitrogen and oxygen atoms in total. The smallest absolute Gasteiger partial charge is 0.339 e. The van der Waals surface area contributed by atoms with E-state index in [9.17, 15) is 4.79 Å². The molecule has 2 aromatic heterocycles. The molecule has 0 radical (unpaired) electrons. The van der Waals surface area contributed by atoms with Gasteiger partial charge in [-0.25, -0.2) is 4.79 Å². The summed E-state index contributed by atoms with van der Waals surface area (Å²) in [5, 5.41) is 15.2. The van der Waals surface area contributed by atoms with Gasteiger partial charge in [0.2, 0.25) is 0 Å². The van der Waals surface area contributed by atoms with Gasteiger partial charge in [-0.05, 0) is 12.1 Å². The number of carboxylic acids is 1. The third-order valence-corrected chi connectivity index (χ3v) is 2.03. The number of nitrogens with one attached hydrogen (secondary N) is 1. The van der Waals surface area contributed by atoms with Gasteiger partial charge in [0.05, 0.1) is 11.9 Å². The minimum Gasteiger partial charge on any atom is -0.478 e. The summed E-state index contributed by atoms with van der Waals surface area (Å²) >= 11 is 0. The van der Waals surface area contributed by atoms with Gasteiger partial charge >= 0.3 is 5.97 Å². The molecule has 0 saturated carbocycles. The van der Waals surface area contributed by atoms with Crippen LogP contribution in [0.1, 0.15) is 21.7 Å². The molecule has 0 spiro atoms. The molecule has 0 amide bonds. The van der Waals surface area contributed by atoms with Crippen LogP contribution in [0.5, 0.6) is 0 Å². The van der Waals surface area contributed by atoms with E-state index in [1.165, 1.54) is 6.20 Å². The molecule has 0 aliphatic rings. The fraction of sp³-hybridized carbons (Fsp3) is 0.100. The van der Waals surface area contributed by atoms with Crippen LogP contribution in [0.2, 0.25) is 0 Å². The minimum atomic E-state index is -0.977. The Morgan fingerprint density at radius 3 is 3.00 bits per heavy atom. The third-order valence-electron chi connectivity index (χ3n) is 2.03. The van der Waals surface area contributed by atoms with Crippen LogP contribution < -0.4 is 0 Å². The van der Waals surface area contributed by atoms with Gasteiger partial charge in [-0.3, -0.25) is 10.1 Å². The van der Waals surface area contributed by atoms with Gasteiger partial charge in [-0.1, -0.05) is 6.07 Å². The van der Waals surface area contributed by atoms with Crippen LogP contribution in [0, 0.1) is 0 Å². The maximum atomic E-state index is 10.8. The Morgan fingerprint density at radius 2 is 2.33 bits per heavy atom. The Labute approximate surface area is 85.8 Å². The van der Waals surface area contributed by atoms with Crippen molar-refractivity contribution in [3.05, 3.63) is 47.5 Å². The summed E-state index contributed by atoms with van der Waals surface area (Å²) < 4.78 is 0. The lowest BCUT2D eigenvalue weighted by molar-refractivity contribution is 0.0696. The number of pyridine rings is 1. The summed E-state index contributed by atoms with van der Waals surface area (Å²) in [6.45, 7) is 0. The first-order valence-corrected chi connectivity index (χ1v) is 4.43. The predicted octanol–water partition coefficient (Wildman–Crippen LogP) is 1.09. The fourth-order valence-corrected chi connectivity index (χ4v) is 1.32. The van der Waals surface area contributed by atoms with E-state index < -0.39 is 5.97 Å². The molecule has 15 heavy (non-hydrogen) atoms. The lowest BCUT2D eigenvalue weighted by Gasteiger charge is -1.98. The fourth-order valence-electron chi connectivity index (χ4n) is 1.32. The quantitative estimate of drug-likeness (QED) is 0.782. The number of hydrogen-bond donors (Lipinski definition) is 2. The monoisotopic (exact) mass is 203 g/mol. The molecule has 0 aliphatic carbocycles. The first-order chi connectivity index (χ1) is 7.27. The second-order valence-electron chi connectivity index (χ2n) is 3.07. The van der Waals surface area contributed by atoms with Gasteiger partial charge in [0.15, 0.2) is 0 Å². The van der Waals surface area contributed by atoms with Gasteiger partial charge in [0, 0.05) is 18.3 Å². The van der Waals surface area contributed by atoms with E-state index in [-0.39, 0.29) is 5.56 Å².